The van der Waals surface area contributed by atoms with Crippen LogP contribution < -0.4 is 18.9 Å². The maximum absolute atomic E-state index is 12.6. The summed E-state index contributed by atoms with van der Waals surface area (Å²) in [6.07, 6.45) is 1.22. The van der Waals surface area contributed by atoms with Crippen LogP contribution in [0.3, 0.4) is 0 Å². The summed E-state index contributed by atoms with van der Waals surface area (Å²) in [6, 6.07) is 4.64. The summed E-state index contributed by atoms with van der Waals surface area (Å²) >= 11 is 6.37. The minimum Gasteiger partial charge on any atom is -0.496 e. The Morgan fingerprint density at radius 2 is 1.35 bits per heavy atom. The van der Waals surface area contributed by atoms with Crippen LogP contribution in [-0.2, 0) is 4.74 Å². The molecule has 34 heavy (non-hydrogen) atoms. The first-order chi connectivity index (χ1) is 16.3. The molecular formula is C25H23ClO8. The van der Waals surface area contributed by atoms with E-state index in [9.17, 15) is 14.4 Å². The van der Waals surface area contributed by atoms with Crippen LogP contribution in [0.4, 0.5) is 0 Å². The monoisotopic (exact) mass is 486 g/mol. The number of methoxy groups -OCH3 is 5. The van der Waals surface area contributed by atoms with Crippen LogP contribution in [0.15, 0.2) is 18.2 Å². The molecule has 0 fully saturated rings. The number of esters is 1. The van der Waals surface area contributed by atoms with E-state index in [0.717, 1.165) is 0 Å². The number of fused-ring (bicyclic) bond motifs is 1. The summed E-state index contributed by atoms with van der Waals surface area (Å²) in [4.78, 5) is 37.0. The predicted molar refractivity (Wildman–Crippen MR) is 127 cm³/mol. The molecule has 0 unspecified atom stereocenters. The van der Waals surface area contributed by atoms with Gasteiger partial charge in [-0.15, -0.1) is 0 Å². The van der Waals surface area contributed by atoms with E-state index in [0.29, 0.717) is 40.4 Å². The Hall–Kier alpha value is -3.78. The molecule has 0 N–H and O–H groups in total. The molecule has 0 aliphatic rings. The molecule has 0 amide bonds. The molecule has 8 nitrogen and oxygen atoms in total. The van der Waals surface area contributed by atoms with Gasteiger partial charge < -0.3 is 23.7 Å². The molecule has 3 rings (SSSR count). The third kappa shape index (κ3) is 3.80. The fourth-order valence-corrected chi connectivity index (χ4v) is 4.41. The Morgan fingerprint density at radius 3 is 1.85 bits per heavy atom. The van der Waals surface area contributed by atoms with Gasteiger partial charge in [-0.1, -0.05) is 11.6 Å². The number of hydrogen-bond donors (Lipinski definition) is 0. The third-order valence-electron chi connectivity index (χ3n) is 5.51. The molecule has 0 spiro atoms. The second-order valence-corrected chi connectivity index (χ2v) is 7.59. The molecule has 3 aromatic rings. The lowest BCUT2D eigenvalue weighted by molar-refractivity contribution is 0.0596. The Bertz CT molecular complexity index is 1310. The van der Waals surface area contributed by atoms with Crippen LogP contribution in [0, 0.1) is 6.92 Å². The number of hydrogen-bond acceptors (Lipinski definition) is 8. The molecule has 0 atom stereocenters. The van der Waals surface area contributed by atoms with E-state index in [-0.39, 0.29) is 44.3 Å². The molecule has 0 saturated carbocycles. The van der Waals surface area contributed by atoms with Gasteiger partial charge in [-0.05, 0) is 24.6 Å². The van der Waals surface area contributed by atoms with E-state index in [2.05, 4.69) is 0 Å². The van der Waals surface area contributed by atoms with Crippen molar-refractivity contribution in [3.05, 3.63) is 45.5 Å². The van der Waals surface area contributed by atoms with Crippen LogP contribution >= 0.6 is 11.6 Å². The third-order valence-corrected chi connectivity index (χ3v) is 5.79. The zero-order chi connectivity index (χ0) is 25.2. The van der Waals surface area contributed by atoms with Gasteiger partial charge in [0.1, 0.15) is 28.6 Å². The molecule has 0 bridgehead atoms. The van der Waals surface area contributed by atoms with Crippen LogP contribution in [0.25, 0.3) is 21.9 Å². The second-order valence-electron chi connectivity index (χ2n) is 7.18. The quantitative estimate of drug-likeness (QED) is 0.327. The van der Waals surface area contributed by atoms with Gasteiger partial charge in [0, 0.05) is 33.7 Å². The summed E-state index contributed by atoms with van der Waals surface area (Å²) in [5.74, 6) is 0.268. The fraction of sp³-hybridized carbons (Fsp3) is 0.240. The SMILES string of the molecule is COC(=O)c1c(C)cc(C=O)c(-c2c(C=O)cc3c(OC)c(Cl)cc(OC)c3c2OC)c1OC. The zero-order valence-corrected chi connectivity index (χ0v) is 20.3. The van der Waals surface area contributed by atoms with E-state index in [1.165, 1.54) is 41.6 Å². The first-order valence-electron chi connectivity index (χ1n) is 9.99. The molecule has 178 valence electrons. The van der Waals surface area contributed by atoms with Gasteiger partial charge in [-0.25, -0.2) is 4.79 Å². The van der Waals surface area contributed by atoms with Crippen LogP contribution in [-0.4, -0.2) is 54.1 Å². The summed E-state index contributed by atoms with van der Waals surface area (Å²) in [7, 11) is 6.92. The summed E-state index contributed by atoms with van der Waals surface area (Å²) < 4.78 is 27.3. The van der Waals surface area contributed by atoms with E-state index in [1.807, 2.05) is 0 Å². The van der Waals surface area contributed by atoms with Gasteiger partial charge in [0.25, 0.3) is 0 Å². The number of rotatable bonds is 8. The highest BCUT2D eigenvalue weighted by Crippen LogP contribution is 2.51. The molecule has 0 radical (unpaired) electrons. The van der Waals surface area contributed by atoms with Crippen LogP contribution in [0.1, 0.15) is 36.6 Å². The maximum atomic E-state index is 12.6. The highest BCUT2D eigenvalue weighted by molar-refractivity contribution is 6.34. The zero-order valence-electron chi connectivity index (χ0n) is 19.5. The van der Waals surface area contributed by atoms with E-state index >= 15 is 0 Å². The highest BCUT2D eigenvalue weighted by atomic mass is 35.5. The number of aryl methyl sites for hydroxylation is 1. The summed E-state index contributed by atoms with van der Waals surface area (Å²) in [6.45, 7) is 1.65. The molecule has 0 aromatic heterocycles. The first-order valence-corrected chi connectivity index (χ1v) is 10.4. The second kappa shape index (κ2) is 10.0. The van der Waals surface area contributed by atoms with Crippen molar-refractivity contribution in [1.82, 2.24) is 0 Å². The number of carbonyl (C=O) groups is 3. The number of carbonyl (C=O) groups excluding carboxylic acids is 3. The maximum Gasteiger partial charge on any atom is 0.341 e. The highest BCUT2D eigenvalue weighted by Gasteiger charge is 2.30. The summed E-state index contributed by atoms with van der Waals surface area (Å²) in [5, 5.41) is 1.18. The van der Waals surface area contributed by atoms with Gasteiger partial charge >= 0.3 is 5.97 Å². The lowest BCUT2D eigenvalue weighted by atomic mass is 9.88. The Balaban J connectivity index is 2.67. The van der Waals surface area contributed by atoms with Crippen LogP contribution in [0.5, 0.6) is 23.0 Å². The van der Waals surface area contributed by atoms with Crippen molar-refractivity contribution in [2.24, 2.45) is 0 Å². The average molecular weight is 487 g/mol. The van der Waals surface area contributed by atoms with Crippen molar-refractivity contribution in [3.8, 4) is 34.1 Å². The Morgan fingerprint density at radius 1 is 0.794 bits per heavy atom. The van der Waals surface area contributed by atoms with Crippen molar-refractivity contribution in [3.63, 3.8) is 0 Å². The number of benzene rings is 3. The first kappa shape index (κ1) is 24.9. The Labute approximate surface area is 201 Å². The fourth-order valence-electron chi connectivity index (χ4n) is 4.13. The van der Waals surface area contributed by atoms with E-state index < -0.39 is 5.97 Å². The molecule has 9 heteroatoms. The van der Waals surface area contributed by atoms with E-state index in [1.54, 1.807) is 19.1 Å². The molecular weight excluding hydrogens is 464 g/mol. The van der Waals surface area contributed by atoms with Crippen molar-refractivity contribution in [2.75, 3.05) is 35.5 Å². The lowest BCUT2D eigenvalue weighted by Crippen LogP contribution is -2.10. The minimum atomic E-state index is -0.661. The van der Waals surface area contributed by atoms with E-state index in [4.69, 9.17) is 35.3 Å². The standard InChI is InChI=1S/C25H23ClO8/c1-12-7-13(10-27)19(23(32-4)18(12)25(29)34-6)20-14(11-28)8-15-21(24(20)33-5)17(30-2)9-16(26)22(15)31-3/h7-11H,1-6H3. The molecule has 0 saturated heterocycles. The van der Waals surface area contributed by atoms with Gasteiger partial charge in [-0.3, -0.25) is 9.59 Å². The van der Waals surface area contributed by atoms with Crippen molar-refractivity contribution in [1.29, 1.82) is 0 Å². The predicted octanol–water partition coefficient (Wildman–Crippen LogP) is 4.91. The van der Waals surface area contributed by atoms with Gasteiger partial charge in [0.2, 0.25) is 0 Å². The van der Waals surface area contributed by atoms with Gasteiger partial charge in [0.15, 0.2) is 12.6 Å². The summed E-state index contributed by atoms with van der Waals surface area (Å²) in [5.41, 5.74) is 1.34. The van der Waals surface area contributed by atoms with Crippen molar-refractivity contribution >= 4 is 40.9 Å². The molecule has 0 aliphatic carbocycles. The largest absolute Gasteiger partial charge is 0.496 e. The van der Waals surface area contributed by atoms with Gasteiger partial charge in [-0.2, -0.15) is 0 Å². The van der Waals surface area contributed by atoms with Crippen molar-refractivity contribution in [2.45, 2.75) is 6.92 Å². The number of ether oxygens (including phenoxy) is 5. The smallest absolute Gasteiger partial charge is 0.341 e. The Kier molecular flexibility index (Phi) is 7.32. The minimum absolute atomic E-state index is 0.0644. The number of halogens is 1. The molecule has 3 aromatic carbocycles. The number of aldehydes is 2. The normalized spacial score (nSPS) is 10.6. The topological polar surface area (TPSA) is 97.4 Å². The van der Waals surface area contributed by atoms with Crippen molar-refractivity contribution < 1.29 is 38.1 Å². The average Bonchev–Trinajstić information content (AvgIpc) is 2.85. The molecule has 0 aliphatic heterocycles. The molecule has 0 heterocycles. The lowest BCUT2D eigenvalue weighted by Gasteiger charge is -2.22. The van der Waals surface area contributed by atoms with Gasteiger partial charge in [0.05, 0.1) is 46.0 Å². The van der Waals surface area contributed by atoms with Crippen LogP contribution in [0.2, 0.25) is 5.02 Å².